The number of rotatable bonds is 4. The number of halogens is 2. The zero-order valence-electron chi connectivity index (χ0n) is 16.7. The van der Waals surface area contributed by atoms with Crippen molar-refractivity contribution in [3.8, 4) is 11.3 Å². The average molecular weight is 432 g/mol. The predicted molar refractivity (Wildman–Crippen MR) is 124 cm³/mol. The van der Waals surface area contributed by atoms with Gasteiger partial charge in [-0.1, -0.05) is 48.0 Å². The second-order valence-electron chi connectivity index (χ2n) is 7.40. The first-order valence-corrected chi connectivity index (χ1v) is 9.56. The molecule has 0 spiro atoms. The number of pyridine rings is 1. The number of amides is 1. The van der Waals surface area contributed by atoms with Crippen LogP contribution in [-0.2, 0) is 0 Å². The number of hydrogen-bond donors (Lipinski definition) is 1. The van der Waals surface area contributed by atoms with E-state index >= 15 is 0 Å². The molecule has 1 aliphatic heterocycles. The zero-order chi connectivity index (χ0) is 18.8. The van der Waals surface area contributed by atoms with Gasteiger partial charge in [-0.2, -0.15) is 0 Å². The highest BCUT2D eigenvalue weighted by Crippen LogP contribution is 2.27. The summed E-state index contributed by atoms with van der Waals surface area (Å²) in [5, 5.41) is 4.15. The van der Waals surface area contributed by atoms with Gasteiger partial charge in [-0.25, -0.2) is 4.98 Å². The first kappa shape index (κ1) is 23.1. The standard InChI is InChI=1S/C23H25N3O.2ClH/c1-16-7-9-18(10-8-16)22-13-20(19-5-3-4-6-21(19)25-22)23(27)26-12-11-17(15-26)14-24-2;;/h3-10,13,17,24H,11-12,14-15H2,1-2H3;2*1H. The Morgan fingerprint density at radius 1 is 1.14 bits per heavy atom. The molecule has 2 heterocycles. The number of benzene rings is 2. The first-order valence-electron chi connectivity index (χ1n) is 9.56. The Kier molecular flexibility index (Phi) is 8.03. The van der Waals surface area contributed by atoms with E-state index in [4.69, 9.17) is 4.98 Å². The summed E-state index contributed by atoms with van der Waals surface area (Å²) in [6.07, 6.45) is 1.06. The third-order valence-corrected chi connectivity index (χ3v) is 5.36. The van der Waals surface area contributed by atoms with Crippen molar-refractivity contribution >= 4 is 41.6 Å². The van der Waals surface area contributed by atoms with Crippen molar-refractivity contribution < 1.29 is 4.79 Å². The molecule has 1 N–H and O–H groups in total. The van der Waals surface area contributed by atoms with Crippen LogP contribution in [-0.4, -0.2) is 42.5 Å². The molecule has 1 saturated heterocycles. The van der Waals surface area contributed by atoms with Gasteiger partial charge in [0, 0.05) is 24.0 Å². The number of para-hydroxylation sites is 1. The lowest BCUT2D eigenvalue weighted by Gasteiger charge is -2.18. The van der Waals surface area contributed by atoms with Crippen molar-refractivity contribution in [1.82, 2.24) is 15.2 Å². The Morgan fingerprint density at radius 3 is 2.59 bits per heavy atom. The second-order valence-corrected chi connectivity index (χ2v) is 7.40. The van der Waals surface area contributed by atoms with Crippen molar-refractivity contribution in [2.24, 2.45) is 5.92 Å². The van der Waals surface area contributed by atoms with Crippen LogP contribution in [0.15, 0.2) is 54.6 Å². The molecule has 4 nitrogen and oxygen atoms in total. The van der Waals surface area contributed by atoms with Gasteiger partial charge in [0.05, 0.1) is 16.8 Å². The zero-order valence-corrected chi connectivity index (χ0v) is 18.4. The van der Waals surface area contributed by atoms with Crippen LogP contribution in [0.25, 0.3) is 22.2 Å². The molecular formula is C23H27Cl2N3O. The number of hydrogen-bond acceptors (Lipinski definition) is 3. The third-order valence-electron chi connectivity index (χ3n) is 5.36. The van der Waals surface area contributed by atoms with Gasteiger partial charge in [-0.15, -0.1) is 24.8 Å². The first-order chi connectivity index (χ1) is 13.2. The molecule has 0 aliphatic carbocycles. The molecule has 3 aromatic rings. The minimum atomic E-state index is 0. The lowest BCUT2D eigenvalue weighted by molar-refractivity contribution is 0.0789. The summed E-state index contributed by atoms with van der Waals surface area (Å²) < 4.78 is 0. The Bertz CT molecular complexity index is 976. The molecule has 1 aliphatic rings. The van der Waals surface area contributed by atoms with Gasteiger partial charge in [0.25, 0.3) is 5.91 Å². The van der Waals surface area contributed by atoms with Crippen molar-refractivity contribution in [3.05, 3.63) is 65.7 Å². The number of nitrogens with one attached hydrogen (secondary N) is 1. The van der Waals surface area contributed by atoms with E-state index in [9.17, 15) is 4.79 Å². The molecule has 0 saturated carbocycles. The van der Waals surface area contributed by atoms with Crippen molar-refractivity contribution in [3.63, 3.8) is 0 Å². The van der Waals surface area contributed by atoms with Gasteiger partial charge in [-0.3, -0.25) is 4.79 Å². The van der Waals surface area contributed by atoms with E-state index in [0.717, 1.165) is 53.8 Å². The molecule has 4 rings (SSSR count). The van der Waals surface area contributed by atoms with Crippen molar-refractivity contribution in [1.29, 1.82) is 0 Å². The minimum absolute atomic E-state index is 0. The number of aryl methyl sites for hydroxylation is 1. The largest absolute Gasteiger partial charge is 0.338 e. The maximum absolute atomic E-state index is 13.3. The predicted octanol–water partition coefficient (Wildman–Crippen LogP) is 4.74. The summed E-state index contributed by atoms with van der Waals surface area (Å²) in [4.78, 5) is 20.1. The number of nitrogens with zero attached hydrogens (tertiary/aromatic N) is 2. The average Bonchev–Trinajstić information content (AvgIpc) is 3.16. The Balaban J connectivity index is 0.00000150. The maximum atomic E-state index is 13.3. The highest BCUT2D eigenvalue weighted by molar-refractivity contribution is 6.07. The normalized spacial score (nSPS) is 15.7. The van der Waals surface area contributed by atoms with Crippen molar-refractivity contribution in [2.75, 3.05) is 26.7 Å². The van der Waals surface area contributed by atoms with Gasteiger partial charge >= 0.3 is 0 Å². The quantitative estimate of drug-likeness (QED) is 0.648. The van der Waals surface area contributed by atoms with Crippen molar-refractivity contribution in [2.45, 2.75) is 13.3 Å². The molecule has 1 fully saturated rings. The van der Waals surface area contributed by atoms with E-state index < -0.39 is 0 Å². The van der Waals surface area contributed by atoms with Crippen LogP contribution in [0.1, 0.15) is 22.3 Å². The Morgan fingerprint density at radius 2 is 1.86 bits per heavy atom. The molecule has 0 radical (unpaired) electrons. The van der Waals surface area contributed by atoms with E-state index in [1.807, 2.05) is 42.3 Å². The lowest BCUT2D eigenvalue weighted by Crippen LogP contribution is -2.30. The number of carbonyl (C=O) groups excluding carboxylic acids is 1. The van der Waals surface area contributed by atoms with Crippen LogP contribution in [0.4, 0.5) is 0 Å². The van der Waals surface area contributed by atoms with Gasteiger partial charge in [0.1, 0.15) is 0 Å². The molecule has 1 amide bonds. The summed E-state index contributed by atoms with van der Waals surface area (Å²) in [6.45, 7) is 4.66. The van der Waals surface area contributed by atoms with Gasteiger partial charge in [0.15, 0.2) is 0 Å². The highest BCUT2D eigenvalue weighted by Gasteiger charge is 2.27. The van der Waals surface area contributed by atoms with E-state index in [1.54, 1.807) is 0 Å². The summed E-state index contributed by atoms with van der Waals surface area (Å²) in [6, 6.07) is 18.2. The smallest absolute Gasteiger partial charge is 0.254 e. The summed E-state index contributed by atoms with van der Waals surface area (Å²) in [7, 11) is 1.97. The molecule has 2 aromatic carbocycles. The molecule has 1 unspecified atom stereocenters. The maximum Gasteiger partial charge on any atom is 0.254 e. The fourth-order valence-electron chi connectivity index (χ4n) is 3.87. The van der Waals surface area contributed by atoms with E-state index in [-0.39, 0.29) is 30.7 Å². The number of likely N-dealkylation sites (tertiary alicyclic amines) is 1. The molecule has 6 heteroatoms. The second kappa shape index (κ2) is 10.1. The van der Waals surface area contributed by atoms with E-state index in [1.165, 1.54) is 5.56 Å². The van der Waals surface area contributed by atoms with Crippen LogP contribution in [0, 0.1) is 12.8 Å². The van der Waals surface area contributed by atoms with Gasteiger partial charge in [-0.05, 0) is 45.0 Å². The third kappa shape index (κ3) is 4.89. The highest BCUT2D eigenvalue weighted by atomic mass is 35.5. The van der Waals surface area contributed by atoms with E-state index in [0.29, 0.717) is 5.92 Å². The van der Waals surface area contributed by atoms with Crippen LogP contribution in [0.2, 0.25) is 0 Å². The molecule has 29 heavy (non-hydrogen) atoms. The molecule has 1 aromatic heterocycles. The fraction of sp³-hybridized carbons (Fsp3) is 0.304. The summed E-state index contributed by atoms with van der Waals surface area (Å²) in [5.74, 6) is 0.643. The van der Waals surface area contributed by atoms with Crippen LogP contribution in [0.3, 0.4) is 0 Å². The van der Waals surface area contributed by atoms with Crippen LogP contribution in [0.5, 0.6) is 0 Å². The topological polar surface area (TPSA) is 45.2 Å². The molecule has 1 atom stereocenters. The summed E-state index contributed by atoms with van der Waals surface area (Å²) in [5.41, 5.74) is 4.72. The molecular weight excluding hydrogens is 405 g/mol. The Labute approximate surface area is 184 Å². The molecule has 154 valence electrons. The number of fused-ring (bicyclic) bond motifs is 1. The number of carbonyl (C=O) groups is 1. The van der Waals surface area contributed by atoms with Crippen LogP contribution >= 0.6 is 24.8 Å². The lowest BCUT2D eigenvalue weighted by atomic mass is 10.0. The van der Waals surface area contributed by atoms with E-state index in [2.05, 4.69) is 36.5 Å². The molecule has 0 bridgehead atoms. The monoisotopic (exact) mass is 431 g/mol. The van der Waals surface area contributed by atoms with Gasteiger partial charge in [0.2, 0.25) is 0 Å². The SMILES string of the molecule is CNCC1CCN(C(=O)c2cc(-c3ccc(C)cc3)nc3ccccc23)C1.Cl.Cl. The summed E-state index contributed by atoms with van der Waals surface area (Å²) >= 11 is 0. The van der Waals surface area contributed by atoms with Gasteiger partial charge < -0.3 is 10.2 Å². The minimum Gasteiger partial charge on any atom is -0.338 e. The fourth-order valence-corrected chi connectivity index (χ4v) is 3.87. The number of aromatic nitrogens is 1. The Hall–Kier alpha value is -2.14. The van der Waals surface area contributed by atoms with Crippen LogP contribution < -0.4 is 5.32 Å².